The molecule has 19 heavy (non-hydrogen) atoms. The fourth-order valence-electron chi connectivity index (χ4n) is 2.41. The van der Waals surface area contributed by atoms with Gasteiger partial charge in [-0.25, -0.2) is 0 Å². The molecular weight excluding hydrogens is 244 g/mol. The Bertz CT molecular complexity index is 348. The van der Waals surface area contributed by atoms with Crippen LogP contribution in [-0.4, -0.2) is 23.6 Å². The molecule has 2 unspecified atom stereocenters. The second kappa shape index (κ2) is 5.93. The van der Waals surface area contributed by atoms with Crippen LogP contribution in [-0.2, 0) is 19.1 Å². The fraction of sp³-hybridized carbons (Fsp3) is 0.867. The molecule has 0 aromatic heterocycles. The van der Waals surface area contributed by atoms with Crippen molar-refractivity contribution in [2.45, 2.75) is 78.4 Å². The van der Waals surface area contributed by atoms with Gasteiger partial charge >= 0.3 is 11.9 Å². The number of rotatable bonds is 6. The highest BCUT2D eigenvalue weighted by Crippen LogP contribution is 2.39. The second-order valence-electron chi connectivity index (χ2n) is 6.01. The first kappa shape index (κ1) is 16.0. The SMILES string of the molecule is CCCC1(OC(=O)C(C)(C)CC)CC(=O)OC1CC. The normalized spacial score (nSPS) is 27.2. The molecule has 1 rings (SSSR count). The van der Waals surface area contributed by atoms with Gasteiger partial charge in [-0.2, -0.15) is 0 Å². The lowest BCUT2D eigenvalue weighted by atomic mass is 9.86. The third-order valence-corrected chi connectivity index (χ3v) is 4.08. The zero-order chi connectivity index (χ0) is 14.7. The topological polar surface area (TPSA) is 52.6 Å². The molecule has 0 aromatic rings. The van der Waals surface area contributed by atoms with E-state index < -0.39 is 11.0 Å². The van der Waals surface area contributed by atoms with Crippen molar-refractivity contribution >= 4 is 11.9 Å². The van der Waals surface area contributed by atoms with Crippen LogP contribution in [0.4, 0.5) is 0 Å². The van der Waals surface area contributed by atoms with Gasteiger partial charge in [0.05, 0.1) is 11.8 Å². The molecule has 0 saturated carbocycles. The number of hydrogen-bond donors (Lipinski definition) is 0. The van der Waals surface area contributed by atoms with Crippen molar-refractivity contribution in [3.8, 4) is 0 Å². The van der Waals surface area contributed by atoms with Crippen LogP contribution < -0.4 is 0 Å². The standard InChI is InChI=1S/C15H26O4/c1-6-9-15(10-12(16)18-11(15)7-2)19-13(17)14(4,5)8-3/h11H,6-10H2,1-5H3. The molecule has 0 aromatic carbocycles. The maximum atomic E-state index is 12.3. The van der Waals surface area contributed by atoms with Crippen LogP contribution in [0.2, 0.25) is 0 Å². The maximum absolute atomic E-state index is 12.3. The van der Waals surface area contributed by atoms with Gasteiger partial charge in [-0.3, -0.25) is 9.59 Å². The maximum Gasteiger partial charge on any atom is 0.312 e. The Kier molecular flexibility index (Phi) is 4.99. The largest absolute Gasteiger partial charge is 0.458 e. The van der Waals surface area contributed by atoms with Crippen LogP contribution in [0.15, 0.2) is 0 Å². The van der Waals surface area contributed by atoms with Crippen LogP contribution in [0, 0.1) is 5.41 Å². The van der Waals surface area contributed by atoms with Gasteiger partial charge in [0.15, 0.2) is 5.60 Å². The molecule has 1 aliphatic rings. The molecule has 4 nitrogen and oxygen atoms in total. The third kappa shape index (κ3) is 3.28. The predicted molar refractivity (Wildman–Crippen MR) is 72.6 cm³/mol. The lowest BCUT2D eigenvalue weighted by molar-refractivity contribution is -0.178. The molecule has 2 atom stereocenters. The van der Waals surface area contributed by atoms with Crippen LogP contribution in [0.1, 0.15) is 66.7 Å². The highest BCUT2D eigenvalue weighted by Gasteiger charge is 2.52. The van der Waals surface area contributed by atoms with Gasteiger partial charge in [0, 0.05) is 0 Å². The Morgan fingerprint density at radius 1 is 1.42 bits per heavy atom. The summed E-state index contributed by atoms with van der Waals surface area (Å²) in [6.45, 7) is 9.67. The van der Waals surface area contributed by atoms with Crippen molar-refractivity contribution in [2.24, 2.45) is 5.41 Å². The Balaban J connectivity index is 2.94. The summed E-state index contributed by atoms with van der Waals surface area (Å²) in [5.74, 6) is -0.498. The highest BCUT2D eigenvalue weighted by atomic mass is 16.6. The van der Waals surface area contributed by atoms with E-state index in [1.165, 1.54) is 0 Å². The summed E-state index contributed by atoms with van der Waals surface area (Å²) in [7, 11) is 0. The average molecular weight is 270 g/mol. The Morgan fingerprint density at radius 3 is 2.53 bits per heavy atom. The van der Waals surface area contributed by atoms with E-state index in [9.17, 15) is 9.59 Å². The van der Waals surface area contributed by atoms with E-state index in [-0.39, 0.29) is 24.5 Å². The van der Waals surface area contributed by atoms with Gasteiger partial charge in [0.2, 0.25) is 0 Å². The smallest absolute Gasteiger partial charge is 0.312 e. The van der Waals surface area contributed by atoms with Gasteiger partial charge in [-0.1, -0.05) is 27.2 Å². The quantitative estimate of drug-likeness (QED) is 0.695. The predicted octanol–water partition coefficient (Wildman–Crippen LogP) is 3.23. The molecule has 0 aliphatic carbocycles. The number of hydrogen-bond acceptors (Lipinski definition) is 4. The second-order valence-corrected chi connectivity index (χ2v) is 6.01. The third-order valence-electron chi connectivity index (χ3n) is 4.08. The molecular formula is C15H26O4. The lowest BCUT2D eigenvalue weighted by Crippen LogP contribution is -2.45. The molecule has 1 saturated heterocycles. The first-order valence-electron chi connectivity index (χ1n) is 7.24. The van der Waals surface area contributed by atoms with E-state index in [0.29, 0.717) is 19.3 Å². The van der Waals surface area contributed by atoms with E-state index in [4.69, 9.17) is 9.47 Å². The fourth-order valence-corrected chi connectivity index (χ4v) is 2.41. The summed E-state index contributed by atoms with van der Waals surface area (Å²) in [6.07, 6.45) is 2.78. The van der Waals surface area contributed by atoms with Gasteiger partial charge in [0.25, 0.3) is 0 Å². The molecule has 1 heterocycles. The van der Waals surface area contributed by atoms with Crippen LogP contribution in [0.25, 0.3) is 0 Å². The van der Waals surface area contributed by atoms with Crippen molar-refractivity contribution in [3.05, 3.63) is 0 Å². The van der Waals surface area contributed by atoms with Gasteiger partial charge in [-0.05, 0) is 33.1 Å². The zero-order valence-electron chi connectivity index (χ0n) is 12.7. The van der Waals surface area contributed by atoms with Crippen molar-refractivity contribution in [3.63, 3.8) is 0 Å². The van der Waals surface area contributed by atoms with Gasteiger partial charge < -0.3 is 9.47 Å². The molecule has 110 valence electrons. The van der Waals surface area contributed by atoms with Crippen molar-refractivity contribution in [1.29, 1.82) is 0 Å². The number of cyclic esters (lactones) is 1. The minimum absolute atomic E-state index is 0.185. The highest BCUT2D eigenvalue weighted by molar-refractivity contribution is 5.79. The molecule has 1 fully saturated rings. The van der Waals surface area contributed by atoms with Crippen LogP contribution in [0.5, 0.6) is 0 Å². The summed E-state index contributed by atoms with van der Waals surface area (Å²) >= 11 is 0. The summed E-state index contributed by atoms with van der Waals surface area (Å²) in [6, 6.07) is 0. The van der Waals surface area contributed by atoms with Gasteiger partial charge in [0.1, 0.15) is 6.10 Å². The van der Waals surface area contributed by atoms with Crippen molar-refractivity contribution in [2.75, 3.05) is 0 Å². The first-order chi connectivity index (χ1) is 8.81. The van der Waals surface area contributed by atoms with Crippen molar-refractivity contribution < 1.29 is 19.1 Å². The average Bonchev–Trinajstić information content (AvgIpc) is 2.65. The summed E-state index contributed by atoms with van der Waals surface area (Å²) < 4.78 is 11.1. The molecule has 0 spiro atoms. The summed E-state index contributed by atoms with van der Waals surface area (Å²) in [5, 5.41) is 0. The van der Waals surface area contributed by atoms with E-state index in [2.05, 4.69) is 0 Å². The van der Waals surface area contributed by atoms with Crippen LogP contribution in [0.3, 0.4) is 0 Å². The van der Waals surface area contributed by atoms with E-state index in [1.807, 2.05) is 34.6 Å². The Morgan fingerprint density at radius 2 is 2.05 bits per heavy atom. The number of esters is 2. The Labute approximate surface area is 115 Å². The number of ether oxygens (including phenoxy) is 2. The van der Waals surface area contributed by atoms with Gasteiger partial charge in [-0.15, -0.1) is 0 Å². The molecule has 4 heteroatoms. The van der Waals surface area contributed by atoms with E-state index >= 15 is 0 Å². The molecule has 0 bridgehead atoms. The monoisotopic (exact) mass is 270 g/mol. The molecule has 1 aliphatic heterocycles. The van der Waals surface area contributed by atoms with Crippen LogP contribution >= 0.6 is 0 Å². The number of carbonyl (C=O) groups is 2. The minimum Gasteiger partial charge on any atom is -0.458 e. The zero-order valence-corrected chi connectivity index (χ0v) is 12.7. The van der Waals surface area contributed by atoms with Crippen molar-refractivity contribution in [1.82, 2.24) is 0 Å². The molecule has 0 N–H and O–H groups in total. The summed E-state index contributed by atoms with van der Waals surface area (Å²) in [5.41, 5.74) is -1.28. The molecule has 0 amide bonds. The summed E-state index contributed by atoms with van der Waals surface area (Å²) in [4.78, 5) is 23.9. The number of carbonyl (C=O) groups excluding carboxylic acids is 2. The lowest BCUT2D eigenvalue weighted by Gasteiger charge is -2.35. The first-order valence-corrected chi connectivity index (χ1v) is 7.24. The van der Waals surface area contributed by atoms with E-state index in [0.717, 1.165) is 6.42 Å². The van der Waals surface area contributed by atoms with E-state index in [1.54, 1.807) is 0 Å². The molecule has 0 radical (unpaired) electrons. The minimum atomic E-state index is -0.760. The Hall–Kier alpha value is -1.06.